The topological polar surface area (TPSA) is 12.0 Å². The van der Waals surface area contributed by atoms with Crippen LogP contribution in [0.5, 0.6) is 0 Å². The first kappa shape index (κ1) is 13.5. The molecule has 0 aliphatic carbocycles. The Hall–Kier alpha value is -0.900. The van der Waals surface area contributed by atoms with Gasteiger partial charge >= 0.3 is 0 Å². The van der Waals surface area contributed by atoms with E-state index in [0.29, 0.717) is 13.1 Å². The average molecular weight is 329 g/mol. The maximum absolute atomic E-state index is 12.7. The summed E-state index contributed by atoms with van der Waals surface area (Å²) < 4.78 is 13.8. The summed E-state index contributed by atoms with van der Waals surface area (Å²) in [6.45, 7) is 1.40. The third-order valence-electron chi connectivity index (χ3n) is 2.57. The lowest BCUT2D eigenvalue weighted by Gasteiger charge is -2.07. The van der Waals surface area contributed by atoms with Gasteiger partial charge in [-0.25, -0.2) is 4.39 Å². The van der Waals surface area contributed by atoms with Crippen LogP contribution in [-0.4, -0.2) is 0 Å². The molecule has 0 radical (unpaired) electrons. The third kappa shape index (κ3) is 3.80. The van der Waals surface area contributed by atoms with Gasteiger partial charge in [-0.1, -0.05) is 39.7 Å². The number of hydrogen-bond acceptors (Lipinski definition) is 1. The van der Waals surface area contributed by atoms with Crippen LogP contribution in [0.4, 0.5) is 4.39 Å². The van der Waals surface area contributed by atoms with Gasteiger partial charge in [0.15, 0.2) is 0 Å². The van der Waals surface area contributed by atoms with Crippen LogP contribution in [-0.2, 0) is 13.1 Å². The third-order valence-corrected chi connectivity index (χ3v) is 3.57. The van der Waals surface area contributed by atoms with E-state index in [1.54, 1.807) is 12.1 Å². The van der Waals surface area contributed by atoms with Crippen LogP contribution in [0, 0.1) is 5.82 Å². The van der Waals surface area contributed by atoms with Crippen molar-refractivity contribution in [1.82, 2.24) is 5.32 Å². The molecule has 18 heavy (non-hydrogen) atoms. The van der Waals surface area contributed by atoms with E-state index in [1.165, 1.54) is 12.1 Å². The van der Waals surface area contributed by atoms with E-state index >= 15 is 0 Å². The van der Waals surface area contributed by atoms with Crippen LogP contribution in [0.3, 0.4) is 0 Å². The second-order valence-corrected chi connectivity index (χ2v) is 5.26. The SMILES string of the molecule is Fc1ccc(CNCc2cc(Cl)ccc2Br)cc1. The first-order chi connectivity index (χ1) is 8.65. The molecule has 0 bridgehead atoms. The summed E-state index contributed by atoms with van der Waals surface area (Å²) in [4.78, 5) is 0. The van der Waals surface area contributed by atoms with Gasteiger partial charge in [-0.05, 0) is 41.5 Å². The van der Waals surface area contributed by atoms with Crippen molar-refractivity contribution in [2.75, 3.05) is 0 Å². The Morgan fingerprint density at radius 3 is 2.50 bits per heavy atom. The van der Waals surface area contributed by atoms with Crippen molar-refractivity contribution in [2.24, 2.45) is 0 Å². The molecule has 2 rings (SSSR count). The number of rotatable bonds is 4. The minimum atomic E-state index is -0.212. The molecule has 94 valence electrons. The van der Waals surface area contributed by atoms with Gasteiger partial charge in [0.2, 0.25) is 0 Å². The molecular formula is C14H12BrClFN. The monoisotopic (exact) mass is 327 g/mol. The van der Waals surface area contributed by atoms with Crippen LogP contribution in [0.1, 0.15) is 11.1 Å². The Labute approximate surface area is 119 Å². The zero-order valence-corrected chi connectivity index (χ0v) is 11.9. The van der Waals surface area contributed by atoms with E-state index in [0.717, 1.165) is 20.6 Å². The zero-order valence-electron chi connectivity index (χ0n) is 9.59. The molecule has 0 aromatic heterocycles. The summed E-state index contributed by atoms with van der Waals surface area (Å²) in [5.74, 6) is -0.212. The predicted octanol–water partition coefficient (Wildman–Crippen LogP) is 4.53. The van der Waals surface area contributed by atoms with Gasteiger partial charge in [0.05, 0.1) is 0 Å². The second-order valence-electron chi connectivity index (χ2n) is 3.97. The maximum Gasteiger partial charge on any atom is 0.123 e. The molecule has 0 spiro atoms. The summed E-state index contributed by atoms with van der Waals surface area (Å²) in [6.07, 6.45) is 0. The van der Waals surface area contributed by atoms with Gasteiger partial charge in [0.1, 0.15) is 5.82 Å². The molecule has 0 amide bonds. The molecule has 0 aliphatic heterocycles. The lowest BCUT2D eigenvalue weighted by molar-refractivity contribution is 0.625. The van der Waals surface area contributed by atoms with Gasteiger partial charge in [0, 0.05) is 22.6 Å². The summed E-state index contributed by atoms with van der Waals surface area (Å²) in [6, 6.07) is 12.2. The Morgan fingerprint density at radius 1 is 1.06 bits per heavy atom. The normalized spacial score (nSPS) is 10.6. The largest absolute Gasteiger partial charge is 0.309 e. The van der Waals surface area contributed by atoms with Crippen molar-refractivity contribution < 1.29 is 4.39 Å². The molecule has 1 N–H and O–H groups in total. The summed E-state index contributed by atoms with van der Waals surface area (Å²) >= 11 is 9.42. The summed E-state index contributed by atoms with van der Waals surface area (Å²) in [7, 11) is 0. The van der Waals surface area contributed by atoms with E-state index in [1.807, 2.05) is 18.2 Å². The molecule has 0 atom stereocenters. The van der Waals surface area contributed by atoms with Crippen LogP contribution >= 0.6 is 27.5 Å². The van der Waals surface area contributed by atoms with Crippen molar-refractivity contribution in [3.8, 4) is 0 Å². The molecule has 0 aliphatic rings. The average Bonchev–Trinajstić information content (AvgIpc) is 2.36. The van der Waals surface area contributed by atoms with Gasteiger partial charge in [-0.2, -0.15) is 0 Å². The van der Waals surface area contributed by atoms with E-state index in [-0.39, 0.29) is 5.82 Å². The first-order valence-corrected chi connectivity index (χ1v) is 6.71. The van der Waals surface area contributed by atoms with Crippen LogP contribution in [0.15, 0.2) is 46.9 Å². The van der Waals surface area contributed by atoms with Crippen LogP contribution in [0.2, 0.25) is 5.02 Å². The lowest BCUT2D eigenvalue weighted by Crippen LogP contribution is -2.13. The van der Waals surface area contributed by atoms with Crippen molar-refractivity contribution in [1.29, 1.82) is 0 Å². The van der Waals surface area contributed by atoms with Crippen molar-refractivity contribution in [3.63, 3.8) is 0 Å². The highest BCUT2D eigenvalue weighted by Gasteiger charge is 2.01. The maximum atomic E-state index is 12.7. The number of hydrogen-bond donors (Lipinski definition) is 1. The quantitative estimate of drug-likeness (QED) is 0.869. The molecule has 0 unspecified atom stereocenters. The minimum Gasteiger partial charge on any atom is -0.309 e. The van der Waals surface area contributed by atoms with Crippen molar-refractivity contribution in [2.45, 2.75) is 13.1 Å². The van der Waals surface area contributed by atoms with Crippen LogP contribution in [0.25, 0.3) is 0 Å². The predicted molar refractivity (Wildman–Crippen MR) is 76.1 cm³/mol. The first-order valence-electron chi connectivity index (χ1n) is 5.54. The molecule has 4 heteroatoms. The molecule has 0 fully saturated rings. The molecule has 2 aromatic carbocycles. The van der Waals surface area contributed by atoms with Crippen LogP contribution < -0.4 is 5.32 Å². The van der Waals surface area contributed by atoms with Gasteiger partial charge in [-0.3, -0.25) is 0 Å². The zero-order chi connectivity index (χ0) is 13.0. The number of benzene rings is 2. The summed E-state index contributed by atoms with van der Waals surface area (Å²) in [5.41, 5.74) is 2.15. The minimum absolute atomic E-state index is 0.212. The second kappa shape index (κ2) is 6.32. The number of halogens is 3. The van der Waals surface area contributed by atoms with E-state index < -0.39 is 0 Å². The van der Waals surface area contributed by atoms with E-state index in [2.05, 4.69) is 21.2 Å². The molecule has 0 saturated heterocycles. The molecule has 0 heterocycles. The Morgan fingerprint density at radius 2 is 1.78 bits per heavy atom. The Bertz CT molecular complexity index is 528. The fourth-order valence-electron chi connectivity index (χ4n) is 1.62. The Kier molecular flexibility index (Phi) is 4.75. The molecule has 1 nitrogen and oxygen atoms in total. The van der Waals surface area contributed by atoms with Crippen molar-refractivity contribution in [3.05, 3.63) is 68.9 Å². The number of nitrogens with one attached hydrogen (secondary N) is 1. The highest BCUT2D eigenvalue weighted by molar-refractivity contribution is 9.10. The van der Waals surface area contributed by atoms with Crippen molar-refractivity contribution >= 4 is 27.5 Å². The van der Waals surface area contributed by atoms with E-state index in [4.69, 9.17) is 11.6 Å². The molecular weight excluding hydrogens is 317 g/mol. The van der Waals surface area contributed by atoms with Gasteiger partial charge < -0.3 is 5.32 Å². The summed E-state index contributed by atoms with van der Waals surface area (Å²) in [5, 5.41) is 4.01. The standard InChI is InChI=1S/C14H12BrClFN/c15-14-6-3-12(16)7-11(14)9-18-8-10-1-4-13(17)5-2-10/h1-7,18H,8-9H2. The van der Waals surface area contributed by atoms with E-state index in [9.17, 15) is 4.39 Å². The fourth-order valence-corrected chi connectivity index (χ4v) is 2.20. The van der Waals surface area contributed by atoms with Gasteiger partial charge in [-0.15, -0.1) is 0 Å². The molecule has 2 aromatic rings. The smallest absolute Gasteiger partial charge is 0.123 e. The highest BCUT2D eigenvalue weighted by Crippen LogP contribution is 2.21. The Balaban J connectivity index is 1.92. The van der Waals surface area contributed by atoms with Gasteiger partial charge in [0.25, 0.3) is 0 Å². The fraction of sp³-hybridized carbons (Fsp3) is 0.143. The highest BCUT2D eigenvalue weighted by atomic mass is 79.9. The lowest BCUT2D eigenvalue weighted by atomic mass is 10.2. The molecule has 0 saturated carbocycles.